The van der Waals surface area contributed by atoms with Gasteiger partial charge in [0.1, 0.15) is 11.3 Å². The summed E-state index contributed by atoms with van der Waals surface area (Å²) in [6.45, 7) is 1.23. The largest absolute Gasteiger partial charge is 0.491 e. The van der Waals surface area contributed by atoms with Crippen molar-refractivity contribution in [1.29, 1.82) is 0 Å². The van der Waals surface area contributed by atoms with Crippen molar-refractivity contribution in [3.63, 3.8) is 0 Å². The molecule has 2 heterocycles. The third kappa shape index (κ3) is 2.16. The van der Waals surface area contributed by atoms with Gasteiger partial charge in [-0.15, -0.1) is 5.10 Å². The van der Waals surface area contributed by atoms with Gasteiger partial charge in [0.2, 0.25) is 0 Å². The molecule has 1 aliphatic heterocycles. The quantitative estimate of drug-likeness (QED) is 0.901. The molecule has 6 nitrogen and oxygen atoms in total. The van der Waals surface area contributed by atoms with Gasteiger partial charge in [0.15, 0.2) is 5.82 Å². The molecule has 6 heteroatoms. The van der Waals surface area contributed by atoms with Crippen LogP contribution in [-0.4, -0.2) is 34.4 Å². The number of fused-ring (bicyclic) bond motifs is 1. The molecule has 0 bridgehead atoms. The van der Waals surface area contributed by atoms with Gasteiger partial charge in [0.25, 0.3) is 0 Å². The summed E-state index contributed by atoms with van der Waals surface area (Å²) >= 11 is 0. The molecule has 102 valence electrons. The molecule has 0 fully saturated rings. The van der Waals surface area contributed by atoms with E-state index in [-0.39, 0.29) is 5.56 Å². The van der Waals surface area contributed by atoms with Crippen molar-refractivity contribution < 1.29 is 14.6 Å². The van der Waals surface area contributed by atoms with Crippen LogP contribution in [0.5, 0.6) is 5.75 Å². The maximum absolute atomic E-state index is 11.3. The summed E-state index contributed by atoms with van der Waals surface area (Å²) in [5, 5.41) is 17.1. The van der Waals surface area contributed by atoms with E-state index < -0.39 is 5.97 Å². The van der Waals surface area contributed by atoms with Crippen LogP contribution in [0, 0.1) is 0 Å². The molecule has 0 atom stereocenters. The molecule has 1 N–H and O–H groups in total. The number of aromatic nitrogens is 2. The summed E-state index contributed by atoms with van der Waals surface area (Å²) in [7, 11) is 0. The van der Waals surface area contributed by atoms with Crippen LogP contribution >= 0.6 is 0 Å². The molecule has 0 saturated carbocycles. The topological polar surface area (TPSA) is 75.5 Å². The normalized spacial score (nSPS) is 14.1. The number of carboxylic acid groups (broad SMARTS) is 1. The molecule has 0 saturated heterocycles. The smallest absolute Gasteiger partial charge is 0.339 e. The monoisotopic (exact) mass is 271 g/mol. The first-order chi connectivity index (χ1) is 9.77. The zero-order valence-corrected chi connectivity index (χ0v) is 10.7. The lowest BCUT2D eigenvalue weighted by Gasteiger charge is -2.23. The number of anilines is 2. The van der Waals surface area contributed by atoms with E-state index in [1.165, 1.54) is 12.3 Å². The SMILES string of the molecule is O=C(O)c1ccnnc1N1CCCOc2ccccc21. The van der Waals surface area contributed by atoms with Gasteiger partial charge in [0.05, 0.1) is 18.5 Å². The second-order valence-electron chi connectivity index (χ2n) is 4.40. The van der Waals surface area contributed by atoms with Crippen LogP contribution in [0.25, 0.3) is 0 Å². The van der Waals surface area contributed by atoms with Crippen LogP contribution in [0.1, 0.15) is 16.8 Å². The average molecular weight is 271 g/mol. The van der Waals surface area contributed by atoms with Crippen molar-refractivity contribution >= 4 is 17.5 Å². The van der Waals surface area contributed by atoms with E-state index in [0.29, 0.717) is 19.0 Å². The Bertz CT molecular complexity index is 645. The highest BCUT2D eigenvalue weighted by atomic mass is 16.5. The van der Waals surface area contributed by atoms with E-state index in [9.17, 15) is 9.90 Å². The van der Waals surface area contributed by atoms with E-state index in [4.69, 9.17) is 4.74 Å². The number of benzene rings is 1. The summed E-state index contributed by atoms with van der Waals surface area (Å²) < 4.78 is 5.66. The number of hydrogen-bond donors (Lipinski definition) is 1. The van der Waals surface area contributed by atoms with Gasteiger partial charge < -0.3 is 14.7 Å². The zero-order chi connectivity index (χ0) is 13.9. The Balaban J connectivity index is 2.13. The third-order valence-electron chi connectivity index (χ3n) is 3.13. The minimum Gasteiger partial charge on any atom is -0.491 e. The Morgan fingerprint density at radius 2 is 2.15 bits per heavy atom. The highest BCUT2D eigenvalue weighted by molar-refractivity contribution is 5.94. The fourth-order valence-corrected chi connectivity index (χ4v) is 2.24. The molecule has 2 aromatic rings. The van der Waals surface area contributed by atoms with Gasteiger partial charge in [-0.25, -0.2) is 4.79 Å². The Morgan fingerprint density at radius 3 is 3.00 bits per heavy atom. The predicted molar refractivity (Wildman–Crippen MR) is 72.6 cm³/mol. The number of carboxylic acids is 1. The lowest BCUT2D eigenvalue weighted by atomic mass is 10.2. The van der Waals surface area contributed by atoms with Gasteiger partial charge >= 0.3 is 5.97 Å². The predicted octanol–water partition coefficient (Wildman–Crippen LogP) is 2.10. The van der Waals surface area contributed by atoms with E-state index in [2.05, 4.69) is 10.2 Å². The van der Waals surface area contributed by atoms with Crippen LogP contribution in [0.4, 0.5) is 11.5 Å². The van der Waals surface area contributed by atoms with Crippen molar-refractivity contribution in [2.45, 2.75) is 6.42 Å². The van der Waals surface area contributed by atoms with Crippen LogP contribution in [0.3, 0.4) is 0 Å². The second kappa shape index (κ2) is 5.16. The Labute approximate surface area is 115 Å². The molecule has 1 aromatic carbocycles. The number of rotatable bonds is 2. The van der Waals surface area contributed by atoms with Crippen molar-refractivity contribution in [1.82, 2.24) is 10.2 Å². The first-order valence-corrected chi connectivity index (χ1v) is 6.32. The average Bonchev–Trinajstić information content (AvgIpc) is 2.69. The van der Waals surface area contributed by atoms with Crippen molar-refractivity contribution in [2.75, 3.05) is 18.1 Å². The minimum absolute atomic E-state index is 0.136. The maximum Gasteiger partial charge on any atom is 0.339 e. The molecular weight excluding hydrogens is 258 g/mol. The summed E-state index contributed by atoms with van der Waals surface area (Å²) in [5.41, 5.74) is 0.949. The Morgan fingerprint density at radius 1 is 1.30 bits per heavy atom. The number of carbonyl (C=O) groups is 1. The van der Waals surface area contributed by atoms with Gasteiger partial charge in [-0.3, -0.25) is 0 Å². The lowest BCUT2D eigenvalue weighted by molar-refractivity contribution is 0.0697. The van der Waals surface area contributed by atoms with Gasteiger partial charge in [0, 0.05) is 6.54 Å². The first kappa shape index (κ1) is 12.4. The van der Waals surface area contributed by atoms with Gasteiger partial charge in [-0.1, -0.05) is 12.1 Å². The fourth-order valence-electron chi connectivity index (χ4n) is 2.24. The number of ether oxygens (including phenoxy) is 1. The zero-order valence-electron chi connectivity index (χ0n) is 10.7. The second-order valence-corrected chi connectivity index (χ2v) is 4.40. The number of hydrogen-bond acceptors (Lipinski definition) is 5. The first-order valence-electron chi connectivity index (χ1n) is 6.32. The molecule has 1 aromatic heterocycles. The molecular formula is C14H13N3O3. The molecule has 0 unspecified atom stereocenters. The molecule has 0 amide bonds. The number of aromatic carboxylic acids is 1. The molecule has 0 spiro atoms. The van der Waals surface area contributed by atoms with Gasteiger partial charge in [-0.2, -0.15) is 5.10 Å². The molecule has 0 radical (unpaired) electrons. The number of nitrogens with zero attached hydrogens (tertiary/aromatic N) is 3. The Kier molecular flexibility index (Phi) is 3.20. The molecule has 0 aliphatic carbocycles. The summed E-state index contributed by atoms with van der Waals surface area (Å²) in [6.07, 6.45) is 2.16. The van der Waals surface area contributed by atoms with E-state index in [1.807, 2.05) is 29.2 Å². The summed E-state index contributed by atoms with van der Waals surface area (Å²) in [6, 6.07) is 8.99. The van der Waals surface area contributed by atoms with Crippen LogP contribution < -0.4 is 9.64 Å². The van der Waals surface area contributed by atoms with E-state index >= 15 is 0 Å². The molecule has 3 rings (SSSR count). The van der Waals surface area contributed by atoms with Gasteiger partial charge in [-0.05, 0) is 24.6 Å². The summed E-state index contributed by atoms with van der Waals surface area (Å²) in [4.78, 5) is 13.2. The molecule has 20 heavy (non-hydrogen) atoms. The van der Waals surface area contributed by atoms with E-state index in [0.717, 1.165) is 17.9 Å². The van der Waals surface area contributed by atoms with Crippen molar-refractivity contribution in [2.24, 2.45) is 0 Å². The highest BCUT2D eigenvalue weighted by Gasteiger charge is 2.23. The van der Waals surface area contributed by atoms with E-state index in [1.54, 1.807) is 0 Å². The minimum atomic E-state index is -1.02. The third-order valence-corrected chi connectivity index (χ3v) is 3.13. The van der Waals surface area contributed by atoms with Crippen LogP contribution in [0.2, 0.25) is 0 Å². The van der Waals surface area contributed by atoms with Crippen LogP contribution in [0.15, 0.2) is 36.5 Å². The summed E-state index contributed by atoms with van der Waals surface area (Å²) in [5.74, 6) is 0.0579. The fraction of sp³-hybridized carbons (Fsp3) is 0.214. The molecule has 1 aliphatic rings. The Hall–Kier alpha value is -2.63. The maximum atomic E-state index is 11.3. The van der Waals surface area contributed by atoms with Crippen LogP contribution in [-0.2, 0) is 0 Å². The van der Waals surface area contributed by atoms with Crippen molar-refractivity contribution in [3.05, 3.63) is 42.1 Å². The lowest BCUT2D eigenvalue weighted by Crippen LogP contribution is -2.22. The van der Waals surface area contributed by atoms with Crippen molar-refractivity contribution in [3.8, 4) is 5.75 Å². The number of para-hydroxylation sites is 2. The standard InChI is InChI=1S/C14H13N3O3/c18-14(19)10-6-7-15-16-13(10)17-8-3-9-20-12-5-2-1-4-11(12)17/h1-2,4-7H,3,8-9H2,(H,18,19). The highest BCUT2D eigenvalue weighted by Crippen LogP contribution is 2.35.